The molecule has 0 aliphatic rings. The van der Waals surface area contributed by atoms with Crippen molar-refractivity contribution >= 4 is 0 Å². The van der Waals surface area contributed by atoms with Gasteiger partial charge in [0.15, 0.2) is 0 Å². The number of hydrogen-bond donors (Lipinski definition) is 0. The average molecular weight is 273 g/mol. The topological polar surface area (TPSA) is 0 Å². The third-order valence-electron chi connectivity index (χ3n) is 4.66. The Morgan fingerprint density at radius 2 is 1.00 bits per heavy atom. The molecule has 120 valence electrons. The van der Waals surface area contributed by atoms with Crippen molar-refractivity contribution in [2.45, 2.75) is 114 Å². The van der Waals surface area contributed by atoms with Gasteiger partial charge in [-0.05, 0) is 11.3 Å². The van der Waals surface area contributed by atoms with Gasteiger partial charge in [-0.1, -0.05) is 114 Å². The van der Waals surface area contributed by atoms with Crippen LogP contribution in [0.2, 0.25) is 0 Å². The molecule has 0 heterocycles. The second-order valence-electron chi connectivity index (χ2n) is 6.15. The maximum Gasteiger partial charge on any atom is -0.0334 e. The highest BCUT2D eigenvalue weighted by molar-refractivity contribution is 4.67. The molecule has 0 aromatic rings. The zero-order valence-electron chi connectivity index (χ0n) is 15.7. The standard InChI is InChI=1S/C8H18.C6H14.C5H12/c1-5-8(4,6-2)7-3;1-4-6(3)5-2;1-3-5-4-2/h5-7H2,1-4H3;6H,4-5H2,1-3H3;3-5H2,1-2H3. The molecule has 0 aliphatic carbocycles. The Hall–Kier alpha value is 0. The first-order valence-electron chi connectivity index (χ1n) is 8.90. The molecule has 0 saturated heterocycles. The zero-order valence-corrected chi connectivity index (χ0v) is 15.7. The quantitative estimate of drug-likeness (QED) is 0.442. The minimum absolute atomic E-state index is 0.625. The smallest absolute Gasteiger partial charge is 0.0334 e. The summed E-state index contributed by atoms with van der Waals surface area (Å²) in [5.74, 6) is 0.935. The first-order chi connectivity index (χ1) is 8.90. The van der Waals surface area contributed by atoms with Gasteiger partial charge in [0.25, 0.3) is 0 Å². The fraction of sp³-hybridized carbons (Fsp3) is 1.00. The summed E-state index contributed by atoms with van der Waals surface area (Å²) >= 11 is 0. The molecule has 0 N–H and O–H groups in total. The highest BCUT2D eigenvalue weighted by atomic mass is 14.2. The van der Waals surface area contributed by atoms with Gasteiger partial charge in [-0.15, -0.1) is 0 Å². The highest BCUT2D eigenvalue weighted by Gasteiger charge is 2.15. The van der Waals surface area contributed by atoms with Crippen molar-refractivity contribution in [2.24, 2.45) is 11.3 Å². The summed E-state index contributed by atoms with van der Waals surface area (Å²) in [6.45, 7) is 20.3. The van der Waals surface area contributed by atoms with Crippen LogP contribution in [-0.4, -0.2) is 0 Å². The van der Waals surface area contributed by atoms with Gasteiger partial charge in [-0.25, -0.2) is 0 Å². The van der Waals surface area contributed by atoms with E-state index in [0.29, 0.717) is 5.41 Å². The van der Waals surface area contributed by atoms with Crippen LogP contribution in [0.25, 0.3) is 0 Å². The van der Waals surface area contributed by atoms with Gasteiger partial charge >= 0.3 is 0 Å². The summed E-state index contributed by atoms with van der Waals surface area (Å²) in [7, 11) is 0. The molecular formula is C19H44. The van der Waals surface area contributed by atoms with Gasteiger partial charge in [0.2, 0.25) is 0 Å². The van der Waals surface area contributed by atoms with Crippen molar-refractivity contribution in [3.63, 3.8) is 0 Å². The summed E-state index contributed by atoms with van der Waals surface area (Å²) in [6.07, 6.45) is 10.7. The lowest BCUT2D eigenvalue weighted by Crippen LogP contribution is -2.10. The van der Waals surface area contributed by atoms with E-state index < -0.39 is 0 Å². The minimum atomic E-state index is 0.625. The Morgan fingerprint density at radius 1 is 0.684 bits per heavy atom. The molecule has 19 heavy (non-hydrogen) atoms. The minimum Gasteiger partial charge on any atom is -0.0654 e. The Balaban J connectivity index is -0.000000209. The molecular weight excluding hydrogens is 228 g/mol. The van der Waals surface area contributed by atoms with Crippen molar-refractivity contribution < 1.29 is 0 Å². The van der Waals surface area contributed by atoms with Gasteiger partial charge in [-0.3, -0.25) is 0 Å². The van der Waals surface area contributed by atoms with E-state index in [2.05, 4.69) is 62.3 Å². The van der Waals surface area contributed by atoms with Gasteiger partial charge in [0, 0.05) is 0 Å². The van der Waals surface area contributed by atoms with Gasteiger partial charge in [-0.2, -0.15) is 0 Å². The Kier molecular flexibility index (Phi) is 22.8. The van der Waals surface area contributed by atoms with Crippen molar-refractivity contribution in [3.8, 4) is 0 Å². The van der Waals surface area contributed by atoms with Gasteiger partial charge in [0.1, 0.15) is 0 Å². The molecule has 0 atom stereocenters. The molecule has 0 spiro atoms. The summed E-state index contributed by atoms with van der Waals surface area (Å²) in [6, 6.07) is 0. The maximum absolute atomic E-state index is 2.35. The third-order valence-corrected chi connectivity index (χ3v) is 4.66. The van der Waals surface area contributed by atoms with E-state index >= 15 is 0 Å². The van der Waals surface area contributed by atoms with E-state index in [1.807, 2.05) is 0 Å². The van der Waals surface area contributed by atoms with Crippen molar-refractivity contribution in [1.29, 1.82) is 0 Å². The third kappa shape index (κ3) is 20.5. The van der Waals surface area contributed by atoms with E-state index in [0.717, 1.165) is 5.92 Å². The summed E-state index contributed by atoms with van der Waals surface area (Å²) in [5, 5.41) is 0. The molecule has 0 saturated carbocycles. The van der Waals surface area contributed by atoms with Crippen molar-refractivity contribution in [1.82, 2.24) is 0 Å². The van der Waals surface area contributed by atoms with Crippen LogP contribution in [0, 0.1) is 11.3 Å². The van der Waals surface area contributed by atoms with Crippen LogP contribution in [0.3, 0.4) is 0 Å². The van der Waals surface area contributed by atoms with Gasteiger partial charge in [0.05, 0.1) is 0 Å². The molecule has 0 bridgehead atoms. The van der Waals surface area contributed by atoms with E-state index in [1.54, 1.807) is 0 Å². The van der Waals surface area contributed by atoms with Crippen LogP contribution in [0.4, 0.5) is 0 Å². The van der Waals surface area contributed by atoms with E-state index in [1.165, 1.54) is 51.4 Å². The first-order valence-corrected chi connectivity index (χ1v) is 8.90. The van der Waals surface area contributed by atoms with E-state index in [9.17, 15) is 0 Å². The molecule has 0 rings (SSSR count). The lowest BCUT2D eigenvalue weighted by atomic mass is 9.82. The number of unbranched alkanes of at least 4 members (excludes halogenated alkanes) is 2. The zero-order chi connectivity index (χ0) is 15.7. The fourth-order valence-electron chi connectivity index (χ4n) is 1.39. The first kappa shape index (κ1) is 24.0. The van der Waals surface area contributed by atoms with Crippen LogP contribution in [0.5, 0.6) is 0 Å². The van der Waals surface area contributed by atoms with Gasteiger partial charge < -0.3 is 0 Å². The van der Waals surface area contributed by atoms with Crippen molar-refractivity contribution in [2.75, 3.05) is 0 Å². The molecule has 0 nitrogen and oxygen atoms in total. The number of rotatable bonds is 7. The second kappa shape index (κ2) is 18.0. The van der Waals surface area contributed by atoms with Crippen LogP contribution in [-0.2, 0) is 0 Å². The SMILES string of the molecule is CCC(C)(CC)CC.CCC(C)CC.CCCCC. The molecule has 0 unspecified atom stereocenters. The predicted molar refractivity (Wildman–Crippen MR) is 93.9 cm³/mol. The predicted octanol–water partition coefficient (Wildman–Crippen LogP) is 7.86. The lowest BCUT2D eigenvalue weighted by Gasteiger charge is -2.23. The molecule has 0 radical (unpaired) electrons. The van der Waals surface area contributed by atoms with Crippen LogP contribution in [0.15, 0.2) is 0 Å². The molecule has 0 fully saturated rings. The van der Waals surface area contributed by atoms with Crippen LogP contribution < -0.4 is 0 Å². The Bertz CT molecular complexity index is 119. The average Bonchev–Trinajstić information content (AvgIpc) is 2.47. The summed E-state index contributed by atoms with van der Waals surface area (Å²) in [5.41, 5.74) is 0.625. The Morgan fingerprint density at radius 3 is 1.00 bits per heavy atom. The summed E-state index contributed by atoms with van der Waals surface area (Å²) in [4.78, 5) is 0. The molecule has 0 aromatic heterocycles. The van der Waals surface area contributed by atoms with E-state index in [-0.39, 0.29) is 0 Å². The Labute approximate surface area is 125 Å². The normalized spacial score (nSPS) is 10.4. The largest absolute Gasteiger partial charge is 0.0654 e. The molecule has 0 heteroatoms. The molecule has 0 aromatic carbocycles. The van der Waals surface area contributed by atoms with E-state index in [4.69, 9.17) is 0 Å². The van der Waals surface area contributed by atoms with Crippen molar-refractivity contribution in [3.05, 3.63) is 0 Å². The lowest BCUT2D eigenvalue weighted by molar-refractivity contribution is 0.286. The second-order valence-corrected chi connectivity index (χ2v) is 6.15. The monoisotopic (exact) mass is 272 g/mol. The fourth-order valence-corrected chi connectivity index (χ4v) is 1.39. The molecule has 0 amide bonds. The summed E-state index contributed by atoms with van der Waals surface area (Å²) < 4.78 is 0. The number of hydrogen-bond acceptors (Lipinski definition) is 0. The highest BCUT2D eigenvalue weighted by Crippen LogP contribution is 2.28. The van der Waals surface area contributed by atoms with Crippen LogP contribution in [0.1, 0.15) is 114 Å². The van der Waals surface area contributed by atoms with Crippen LogP contribution >= 0.6 is 0 Å². The molecule has 0 aliphatic heterocycles. The maximum atomic E-state index is 2.35.